The minimum absolute atomic E-state index is 0.0964. The Labute approximate surface area is 174 Å². The van der Waals surface area contributed by atoms with Gasteiger partial charge < -0.3 is 19.5 Å². The molecule has 0 spiro atoms. The molecule has 13 heteroatoms. The van der Waals surface area contributed by atoms with E-state index in [1.54, 1.807) is 13.0 Å². The third-order valence-electron chi connectivity index (χ3n) is 5.18. The number of nitrogens with one attached hydrogen (secondary N) is 1. The van der Waals surface area contributed by atoms with Crippen molar-refractivity contribution >= 4 is 7.82 Å². The Morgan fingerprint density at radius 2 is 2.00 bits per heavy atom. The molecule has 31 heavy (non-hydrogen) atoms. The van der Waals surface area contributed by atoms with E-state index in [2.05, 4.69) is 0 Å². The third kappa shape index (κ3) is 3.86. The Kier molecular flexibility index (Phi) is 5.41. The van der Waals surface area contributed by atoms with Crippen LogP contribution in [0.25, 0.3) is 0 Å². The smallest absolute Gasteiger partial charge is 0.403 e. The molecule has 0 saturated carbocycles. The molecule has 2 aliphatic rings. The molecule has 4 rings (SSSR count). The highest BCUT2D eigenvalue weighted by Gasteiger charge is 2.57. The van der Waals surface area contributed by atoms with Gasteiger partial charge in [0.25, 0.3) is 11.4 Å². The van der Waals surface area contributed by atoms with Gasteiger partial charge in [-0.25, -0.2) is 13.8 Å². The molecule has 1 fully saturated rings. The second-order valence-electron chi connectivity index (χ2n) is 7.34. The van der Waals surface area contributed by atoms with Crippen molar-refractivity contribution < 1.29 is 37.5 Å². The van der Waals surface area contributed by atoms with E-state index in [1.807, 2.05) is 18.0 Å². The number of hydrogen-bond acceptors (Lipinski definition) is 9. The predicted octanol–water partition coefficient (Wildman–Crippen LogP) is 0.804. The van der Waals surface area contributed by atoms with Crippen LogP contribution in [0.3, 0.4) is 0 Å². The van der Waals surface area contributed by atoms with Crippen LogP contribution in [0.2, 0.25) is 0 Å². The lowest BCUT2D eigenvalue weighted by atomic mass is 10.0. The molecule has 0 aliphatic carbocycles. The van der Waals surface area contributed by atoms with Gasteiger partial charge in [0.2, 0.25) is 0 Å². The van der Waals surface area contributed by atoms with Gasteiger partial charge in [0.15, 0.2) is 6.23 Å². The van der Waals surface area contributed by atoms with E-state index in [1.165, 1.54) is 0 Å². The van der Waals surface area contributed by atoms with Crippen molar-refractivity contribution in [3.63, 3.8) is 0 Å². The Morgan fingerprint density at radius 1 is 1.29 bits per heavy atom. The number of ether oxygens (including phenoxy) is 1. The van der Waals surface area contributed by atoms with Crippen LogP contribution in [-0.4, -0.2) is 44.4 Å². The summed E-state index contributed by atoms with van der Waals surface area (Å²) in [5, 5.41) is 20.3. The number of hydrogen-bond donors (Lipinski definition) is 3. The molecule has 1 aromatic carbocycles. The van der Waals surface area contributed by atoms with Crippen molar-refractivity contribution in [3.05, 3.63) is 61.9 Å². The fourth-order valence-corrected chi connectivity index (χ4v) is 4.66. The summed E-state index contributed by atoms with van der Waals surface area (Å²) in [6.07, 6.45) is -4.75. The summed E-state index contributed by atoms with van der Waals surface area (Å²) in [6, 6.07) is 4.56. The molecule has 1 aromatic heterocycles. The quantitative estimate of drug-likeness (QED) is 0.566. The summed E-state index contributed by atoms with van der Waals surface area (Å²) < 4.78 is 49.5. The van der Waals surface area contributed by atoms with Crippen LogP contribution in [0, 0.1) is 13.8 Å². The standard InChI is InChI=1S/C18H20FN2O9P/c1-9-3-4-10(2)14-11(9)7-27-31(26,30-14)28-8-18(19)15(24)13(23)16(29-18)21-6-5-12(22)20-17(21)25/h3-6,13,15-16,23-24H,7-8H2,1-2H3,(H,20,22,25)/t13-,15+,16-,18-,31?/m1/s1. The van der Waals surface area contributed by atoms with Crippen LogP contribution in [0.5, 0.6) is 5.75 Å². The SMILES string of the molecule is Cc1ccc(C)c2c1COP(=O)(OC[C@@]1(F)O[C@@H](n3ccc(=O)[nH]c3=O)[C@H](O)[C@@H]1O)O2. The largest absolute Gasteiger partial charge is 0.530 e. The van der Waals surface area contributed by atoms with E-state index in [9.17, 15) is 24.4 Å². The zero-order valence-electron chi connectivity index (χ0n) is 16.5. The fraction of sp³-hybridized carbons (Fsp3) is 0.444. The van der Waals surface area contributed by atoms with E-state index in [4.69, 9.17) is 18.3 Å². The van der Waals surface area contributed by atoms with Crippen molar-refractivity contribution in [3.8, 4) is 5.75 Å². The van der Waals surface area contributed by atoms with Crippen LogP contribution >= 0.6 is 7.82 Å². The van der Waals surface area contributed by atoms with Gasteiger partial charge in [0.1, 0.15) is 24.6 Å². The maximum atomic E-state index is 15.3. The number of phosphoric ester groups is 1. The molecule has 1 saturated heterocycles. The number of aliphatic hydroxyl groups excluding tert-OH is 2. The first kappa shape index (κ1) is 21.9. The van der Waals surface area contributed by atoms with E-state index in [0.29, 0.717) is 21.4 Å². The molecular weight excluding hydrogens is 438 g/mol. The minimum atomic E-state index is -4.27. The number of aryl methyl sites for hydroxylation is 2. The van der Waals surface area contributed by atoms with E-state index in [-0.39, 0.29) is 6.61 Å². The fourth-order valence-electron chi connectivity index (χ4n) is 3.38. The number of aliphatic hydroxyl groups is 2. The molecule has 2 aromatic rings. The molecule has 0 amide bonds. The van der Waals surface area contributed by atoms with Gasteiger partial charge in [-0.2, -0.15) is 0 Å². The number of benzene rings is 1. The third-order valence-corrected chi connectivity index (χ3v) is 6.48. The average Bonchev–Trinajstić information content (AvgIpc) is 2.94. The summed E-state index contributed by atoms with van der Waals surface area (Å²) in [4.78, 5) is 25.0. The number of phosphoric acid groups is 1. The Bertz CT molecular complexity index is 1180. The van der Waals surface area contributed by atoms with Gasteiger partial charge in [-0.3, -0.25) is 23.4 Å². The first-order valence-corrected chi connectivity index (χ1v) is 10.7. The monoisotopic (exact) mass is 458 g/mol. The van der Waals surface area contributed by atoms with Crippen LogP contribution in [0.15, 0.2) is 34.0 Å². The van der Waals surface area contributed by atoms with E-state index in [0.717, 1.165) is 17.8 Å². The Hall–Kier alpha value is -2.34. The number of alkyl halides is 1. The van der Waals surface area contributed by atoms with Gasteiger partial charge >= 0.3 is 13.5 Å². The van der Waals surface area contributed by atoms with Gasteiger partial charge in [0, 0.05) is 17.8 Å². The zero-order chi connectivity index (χ0) is 22.6. The molecule has 1 unspecified atom stereocenters. The van der Waals surface area contributed by atoms with Gasteiger partial charge in [-0.15, -0.1) is 0 Å². The maximum Gasteiger partial charge on any atom is 0.530 e. The number of aromatic amines is 1. The first-order chi connectivity index (χ1) is 14.5. The predicted molar refractivity (Wildman–Crippen MR) is 102 cm³/mol. The summed E-state index contributed by atoms with van der Waals surface area (Å²) in [5.41, 5.74) is 0.506. The van der Waals surface area contributed by atoms with Crippen LogP contribution in [-0.2, 0) is 25.0 Å². The zero-order valence-corrected chi connectivity index (χ0v) is 17.4. The lowest BCUT2D eigenvalue weighted by Crippen LogP contribution is -2.43. The normalized spacial score (nSPS) is 32.5. The second kappa shape index (κ2) is 7.66. The molecule has 2 aliphatic heterocycles. The molecule has 168 valence electrons. The highest BCUT2D eigenvalue weighted by Crippen LogP contribution is 2.56. The van der Waals surface area contributed by atoms with Crippen molar-refractivity contribution in [2.24, 2.45) is 0 Å². The molecule has 0 radical (unpaired) electrons. The summed E-state index contributed by atoms with van der Waals surface area (Å²) >= 11 is 0. The number of aromatic nitrogens is 2. The van der Waals surface area contributed by atoms with Crippen LogP contribution in [0.4, 0.5) is 4.39 Å². The van der Waals surface area contributed by atoms with Crippen LogP contribution in [0.1, 0.15) is 22.9 Å². The van der Waals surface area contributed by atoms with Gasteiger partial charge in [-0.05, 0) is 25.0 Å². The van der Waals surface area contributed by atoms with Gasteiger partial charge in [-0.1, -0.05) is 12.1 Å². The molecular formula is C18H20FN2O9P. The number of rotatable bonds is 4. The number of fused-ring (bicyclic) bond motifs is 1. The second-order valence-corrected chi connectivity index (χ2v) is 8.93. The Balaban J connectivity index is 1.53. The number of halogens is 1. The highest BCUT2D eigenvalue weighted by molar-refractivity contribution is 7.49. The average molecular weight is 458 g/mol. The van der Waals surface area contributed by atoms with Crippen molar-refractivity contribution in [1.29, 1.82) is 0 Å². The summed E-state index contributed by atoms with van der Waals surface area (Å²) in [7, 11) is -4.27. The topological polar surface area (TPSA) is 149 Å². The van der Waals surface area contributed by atoms with Crippen LogP contribution < -0.4 is 15.8 Å². The summed E-state index contributed by atoms with van der Waals surface area (Å²) in [6.45, 7) is 2.33. The number of H-pyrrole nitrogens is 1. The molecule has 11 nitrogen and oxygen atoms in total. The highest BCUT2D eigenvalue weighted by atomic mass is 31.2. The lowest BCUT2D eigenvalue weighted by molar-refractivity contribution is -0.205. The molecule has 3 N–H and O–H groups in total. The lowest BCUT2D eigenvalue weighted by Gasteiger charge is -2.29. The summed E-state index contributed by atoms with van der Waals surface area (Å²) in [5.74, 6) is -2.75. The van der Waals surface area contributed by atoms with Crippen molar-refractivity contribution in [2.45, 2.75) is 44.7 Å². The first-order valence-electron chi connectivity index (χ1n) is 9.25. The van der Waals surface area contributed by atoms with Crippen molar-refractivity contribution in [1.82, 2.24) is 9.55 Å². The van der Waals surface area contributed by atoms with Crippen molar-refractivity contribution in [2.75, 3.05) is 6.61 Å². The van der Waals surface area contributed by atoms with Gasteiger partial charge in [0.05, 0.1) is 6.61 Å². The minimum Gasteiger partial charge on any atom is -0.403 e. The maximum absolute atomic E-state index is 15.3. The van der Waals surface area contributed by atoms with E-state index >= 15 is 4.39 Å². The number of nitrogens with zero attached hydrogens (tertiary/aromatic N) is 1. The molecule has 0 bridgehead atoms. The molecule has 5 atom stereocenters. The molecule has 3 heterocycles. The van der Waals surface area contributed by atoms with E-state index < -0.39 is 50.0 Å². The Morgan fingerprint density at radius 3 is 2.71 bits per heavy atom.